The Balaban J connectivity index is 1.82. The van der Waals surface area contributed by atoms with E-state index in [0.717, 1.165) is 36.6 Å². The molecule has 0 aliphatic rings. The van der Waals surface area contributed by atoms with Crippen LogP contribution in [0.15, 0.2) is 24.3 Å². The van der Waals surface area contributed by atoms with Gasteiger partial charge in [0.2, 0.25) is 0 Å². The molecule has 102 valence electrons. The van der Waals surface area contributed by atoms with Crippen molar-refractivity contribution in [3.63, 3.8) is 0 Å². The van der Waals surface area contributed by atoms with Crippen LogP contribution in [0, 0.1) is 20.8 Å². The summed E-state index contributed by atoms with van der Waals surface area (Å²) in [6.45, 7) is 8.03. The van der Waals surface area contributed by atoms with Crippen LogP contribution in [0.1, 0.15) is 23.4 Å². The highest BCUT2D eigenvalue weighted by atomic mass is 15.3. The van der Waals surface area contributed by atoms with Crippen LogP contribution in [-0.2, 0) is 6.54 Å². The zero-order chi connectivity index (χ0) is 13.8. The van der Waals surface area contributed by atoms with Gasteiger partial charge in [-0.25, -0.2) is 0 Å². The zero-order valence-electron chi connectivity index (χ0n) is 11.9. The van der Waals surface area contributed by atoms with Crippen LogP contribution in [0.5, 0.6) is 0 Å². The number of rotatable bonds is 5. The number of benzene rings is 1. The minimum absolute atomic E-state index is 0.807. The number of nitrogens with one attached hydrogen (secondary N) is 1. The van der Waals surface area contributed by atoms with Gasteiger partial charge in [-0.15, -0.1) is 0 Å². The summed E-state index contributed by atoms with van der Waals surface area (Å²) in [5, 5.41) is 7.85. The molecule has 0 aliphatic carbocycles. The van der Waals surface area contributed by atoms with E-state index >= 15 is 0 Å². The number of aromatic nitrogens is 2. The predicted octanol–water partition coefficient (Wildman–Crippen LogP) is 2.89. The highest BCUT2D eigenvalue weighted by Crippen LogP contribution is 2.15. The van der Waals surface area contributed by atoms with Crippen LogP contribution in [0.2, 0.25) is 0 Å². The Morgan fingerprint density at radius 2 is 1.95 bits per heavy atom. The van der Waals surface area contributed by atoms with E-state index < -0.39 is 0 Å². The second kappa shape index (κ2) is 5.78. The molecule has 0 aliphatic heterocycles. The first kappa shape index (κ1) is 13.5. The molecule has 2 rings (SSSR count). The minimum Gasteiger partial charge on any atom is -0.399 e. The van der Waals surface area contributed by atoms with Crippen LogP contribution >= 0.6 is 0 Å². The van der Waals surface area contributed by atoms with Gasteiger partial charge in [0.1, 0.15) is 0 Å². The molecular weight excluding hydrogens is 236 g/mol. The van der Waals surface area contributed by atoms with Crippen LogP contribution in [0.3, 0.4) is 0 Å². The molecule has 0 fully saturated rings. The van der Waals surface area contributed by atoms with Crippen molar-refractivity contribution in [2.75, 3.05) is 17.6 Å². The summed E-state index contributed by atoms with van der Waals surface area (Å²) in [5.74, 6) is 0. The lowest BCUT2D eigenvalue weighted by Crippen LogP contribution is -2.09. The molecule has 0 saturated carbocycles. The quantitative estimate of drug-likeness (QED) is 0.640. The number of hydrogen-bond donors (Lipinski definition) is 2. The maximum Gasteiger partial charge on any atom is 0.0596 e. The van der Waals surface area contributed by atoms with E-state index in [1.54, 1.807) is 0 Å². The molecule has 1 aromatic carbocycles. The Morgan fingerprint density at radius 1 is 1.16 bits per heavy atom. The molecule has 19 heavy (non-hydrogen) atoms. The monoisotopic (exact) mass is 258 g/mol. The molecule has 0 radical (unpaired) electrons. The highest BCUT2D eigenvalue weighted by molar-refractivity contribution is 5.56. The summed E-state index contributed by atoms with van der Waals surface area (Å²) >= 11 is 0. The SMILES string of the molecule is Cc1cc(N)cc(NCCCn2nc(C)cc2C)c1. The smallest absolute Gasteiger partial charge is 0.0596 e. The predicted molar refractivity (Wildman–Crippen MR) is 80.4 cm³/mol. The first-order valence-electron chi connectivity index (χ1n) is 6.67. The number of aryl methyl sites for hydroxylation is 4. The zero-order valence-corrected chi connectivity index (χ0v) is 11.9. The molecule has 1 aromatic heterocycles. The van der Waals surface area contributed by atoms with Crippen molar-refractivity contribution in [2.24, 2.45) is 0 Å². The Kier molecular flexibility index (Phi) is 4.10. The van der Waals surface area contributed by atoms with Gasteiger partial charge >= 0.3 is 0 Å². The molecule has 1 heterocycles. The molecule has 0 saturated heterocycles. The Hall–Kier alpha value is -1.97. The van der Waals surface area contributed by atoms with Crippen LogP contribution in [0.4, 0.5) is 11.4 Å². The summed E-state index contributed by atoms with van der Waals surface area (Å²) < 4.78 is 2.06. The molecule has 2 aromatic rings. The fraction of sp³-hybridized carbons (Fsp3) is 0.400. The summed E-state index contributed by atoms with van der Waals surface area (Å²) in [7, 11) is 0. The van der Waals surface area contributed by atoms with E-state index in [-0.39, 0.29) is 0 Å². The summed E-state index contributed by atoms with van der Waals surface area (Å²) in [6, 6.07) is 8.16. The van der Waals surface area contributed by atoms with Crippen molar-refractivity contribution >= 4 is 11.4 Å². The van der Waals surface area contributed by atoms with Gasteiger partial charge < -0.3 is 11.1 Å². The Bertz CT molecular complexity index is 537. The number of anilines is 2. The number of nitrogen functional groups attached to an aromatic ring is 1. The van der Waals surface area contributed by atoms with Crippen molar-refractivity contribution in [2.45, 2.75) is 33.7 Å². The average molecular weight is 258 g/mol. The van der Waals surface area contributed by atoms with E-state index in [9.17, 15) is 0 Å². The topological polar surface area (TPSA) is 55.9 Å². The maximum absolute atomic E-state index is 5.82. The average Bonchev–Trinajstić information content (AvgIpc) is 2.62. The first-order valence-corrected chi connectivity index (χ1v) is 6.67. The summed E-state index contributed by atoms with van der Waals surface area (Å²) in [4.78, 5) is 0. The lowest BCUT2D eigenvalue weighted by molar-refractivity contribution is 0.574. The van der Waals surface area contributed by atoms with Gasteiger partial charge in [0.15, 0.2) is 0 Å². The number of nitrogens with two attached hydrogens (primary N) is 1. The third kappa shape index (κ3) is 3.74. The largest absolute Gasteiger partial charge is 0.399 e. The lowest BCUT2D eigenvalue weighted by Gasteiger charge is -2.09. The second-order valence-electron chi connectivity index (χ2n) is 5.06. The van der Waals surface area contributed by atoms with Crippen LogP contribution in [0.25, 0.3) is 0 Å². The third-order valence-electron chi connectivity index (χ3n) is 3.08. The fourth-order valence-electron chi connectivity index (χ4n) is 2.28. The lowest BCUT2D eigenvalue weighted by atomic mass is 10.2. The molecule has 4 nitrogen and oxygen atoms in total. The van der Waals surface area contributed by atoms with E-state index in [0.29, 0.717) is 0 Å². The summed E-state index contributed by atoms with van der Waals surface area (Å²) in [6.07, 6.45) is 1.04. The van der Waals surface area contributed by atoms with Crippen molar-refractivity contribution in [1.82, 2.24) is 9.78 Å². The minimum atomic E-state index is 0.807. The van der Waals surface area contributed by atoms with Gasteiger partial charge in [-0.3, -0.25) is 4.68 Å². The van der Waals surface area contributed by atoms with Gasteiger partial charge in [-0.05, 0) is 57.0 Å². The molecule has 0 unspecified atom stereocenters. The third-order valence-corrected chi connectivity index (χ3v) is 3.08. The molecule has 0 bridgehead atoms. The van der Waals surface area contributed by atoms with Gasteiger partial charge in [0, 0.05) is 30.2 Å². The molecule has 0 atom stereocenters. The van der Waals surface area contributed by atoms with Gasteiger partial charge in [0.05, 0.1) is 5.69 Å². The standard InChI is InChI=1S/C15H22N4/c1-11-7-14(16)10-15(8-11)17-5-4-6-19-13(3)9-12(2)18-19/h7-10,17H,4-6,16H2,1-3H3. The molecule has 4 heteroatoms. The molecule has 3 N–H and O–H groups in total. The molecule has 0 spiro atoms. The highest BCUT2D eigenvalue weighted by Gasteiger charge is 2.00. The van der Waals surface area contributed by atoms with Gasteiger partial charge in [-0.1, -0.05) is 0 Å². The van der Waals surface area contributed by atoms with Gasteiger partial charge in [0.25, 0.3) is 0 Å². The molecule has 0 amide bonds. The van der Waals surface area contributed by atoms with Crippen molar-refractivity contribution in [1.29, 1.82) is 0 Å². The van der Waals surface area contributed by atoms with E-state index in [4.69, 9.17) is 5.73 Å². The Morgan fingerprint density at radius 3 is 2.58 bits per heavy atom. The Labute approximate surface area is 114 Å². The maximum atomic E-state index is 5.82. The fourth-order valence-corrected chi connectivity index (χ4v) is 2.28. The van der Waals surface area contributed by atoms with Crippen molar-refractivity contribution in [3.8, 4) is 0 Å². The normalized spacial score (nSPS) is 10.7. The van der Waals surface area contributed by atoms with Crippen molar-refractivity contribution in [3.05, 3.63) is 41.2 Å². The van der Waals surface area contributed by atoms with Crippen LogP contribution in [-0.4, -0.2) is 16.3 Å². The van der Waals surface area contributed by atoms with Gasteiger partial charge in [-0.2, -0.15) is 5.10 Å². The molecular formula is C15H22N4. The van der Waals surface area contributed by atoms with E-state index in [1.807, 2.05) is 19.1 Å². The first-order chi connectivity index (χ1) is 9.04. The summed E-state index contributed by atoms with van der Waals surface area (Å²) in [5.41, 5.74) is 11.2. The van der Waals surface area contributed by atoms with Crippen LogP contribution < -0.4 is 11.1 Å². The second-order valence-corrected chi connectivity index (χ2v) is 5.06. The van der Waals surface area contributed by atoms with E-state index in [2.05, 4.69) is 41.1 Å². The number of hydrogen-bond acceptors (Lipinski definition) is 3. The van der Waals surface area contributed by atoms with E-state index in [1.165, 1.54) is 11.3 Å². The van der Waals surface area contributed by atoms with Crippen molar-refractivity contribution < 1.29 is 0 Å². The number of nitrogens with zero attached hydrogens (tertiary/aromatic N) is 2.